The van der Waals surface area contributed by atoms with E-state index in [1.54, 1.807) is 12.1 Å². The van der Waals surface area contributed by atoms with Crippen molar-refractivity contribution in [3.8, 4) is 11.5 Å². The monoisotopic (exact) mass is 469 g/mol. The number of aromatic nitrogens is 4. The predicted molar refractivity (Wildman–Crippen MR) is 110 cm³/mol. The Labute approximate surface area is 181 Å². The SMILES string of the molecule is COc1ccc2c(c1C(=O)O)OB(O)[C@@H](Sc1nnc(Sc3nnc(N)s3)s1)C2. The van der Waals surface area contributed by atoms with E-state index < -0.39 is 13.1 Å². The van der Waals surface area contributed by atoms with E-state index in [9.17, 15) is 14.9 Å². The number of nitrogen functional groups attached to an aromatic ring is 1. The maximum absolute atomic E-state index is 11.6. The molecular formula is C14H12BN5O5S4. The van der Waals surface area contributed by atoms with Crippen molar-refractivity contribution in [1.29, 1.82) is 0 Å². The molecule has 4 rings (SSSR count). The van der Waals surface area contributed by atoms with Crippen molar-refractivity contribution in [2.75, 3.05) is 12.8 Å². The number of carboxylic acids is 1. The minimum atomic E-state index is -1.21. The lowest BCUT2D eigenvalue weighted by Gasteiger charge is -2.27. The van der Waals surface area contributed by atoms with Crippen LogP contribution < -0.4 is 15.1 Å². The van der Waals surface area contributed by atoms with Crippen LogP contribution in [-0.4, -0.2) is 55.9 Å². The van der Waals surface area contributed by atoms with Gasteiger partial charge in [-0.3, -0.25) is 0 Å². The molecule has 3 heterocycles. The van der Waals surface area contributed by atoms with Crippen LogP contribution in [-0.2, 0) is 6.42 Å². The number of thioether (sulfide) groups is 1. The van der Waals surface area contributed by atoms with Crippen molar-refractivity contribution in [3.05, 3.63) is 23.3 Å². The molecule has 0 spiro atoms. The number of anilines is 1. The molecular weight excluding hydrogens is 457 g/mol. The van der Waals surface area contributed by atoms with Gasteiger partial charge in [-0.1, -0.05) is 40.5 Å². The zero-order valence-electron chi connectivity index (χ0n) is 14.6. The molecule has 150 valence electrons. The van der Waals surface area contributed by atoms with E-state index >= 15 is 0 Å². The molecule has 2 aromatic heterocycles. The highest BCUT2D eigenvalue weighted by Gasteiger charge is 2.39. The van der Waals surface area contributed by atoms with Gasteiger partial charge in [-0.05, 0) is 29.8 Å². The van der Waals surface area contributed by atoms with Crippen LogP contribution in [0.4, 0.5) is 5.13 Å². The van der Waals surface area contributed by atoms with E-state index in [1.807, 2.05) is 0 Å². The largest absolute Gasteiger partial charge is 0.537 e. The first kappa shape index (κ1) is 20.2. The minimum absolute atomic E-state index is 0.0987. The van der Waals surface area contributed by atoms with Crippen molar-refractivity contribution in [2.24, 2.45) is 0 Å². The number of nitrogens with two attached hydrogens (primary N) is 1. The van der Waals surface area contributed by atoms with Gasteiger partial charge in [0.15, 0.2) is 13.0 Å². The third-order valence-electron chi connectivity index (χ3n) is 3.85. The average Bonchev–Trinajstić information content (AvgIpc) is 3.30. The van der Waals surface area contributed by atoms with Crippen molar-refractivity contribution < 1.29 is 24.3 Å². The normalized spacial score (nSPS) is 15.7. The number of carboxylic acid groups (broad SMARTS) is 1. The Morgan fingerprint density at radius 1 is 1.28 bits per heavy atom. The van der Waals surface area contributed by atoms with Crippen LogP contribution in [0, 0.1) is 0 Å². The zero-order valence-corrected chi connectivity index (χ0v) is 17.9. The van der Waals surface area contributed by atoms with E-state index in [1.165, 1.54) is 53.3 Å². The molecule has 1 aliphatic heterocycles. The highest BCUT2D eigenvalue weighted by atomic mass is 32.2. The van der Waals surface area contributed by atoms with Crippen LogP contribution >= 0.6 is 46.2 Å². The molecule has 1 aliphatic rings. The van der Waals surface area contributed by atoms with E-state index in [2.05, 4.69) is 20.4 Å². The fourth-order valence-corrected chi connectivity index (χ4v) is 6.81. The highest BCUT2D eigenvalue weighted by Crippen LogP contribution is 2.42. The van der Waals surface area contributed by atoms with Gasteiger partial charge in [0.2, 0.25) is 5.13 Å². The molecule has 0 amide bonds. The van der Waals surface area contributed by atoms with Gasteiger partial charge in [-0.25, -0.2) is 4.79 Å². The quantitative estimate of drug-likeness (QED) is 0.452. The number of hydrogen-bond acceptors (Lipinski definition) is 13. The molecule has 10 nitrogen and oxygen atoms in total. The van der Waals surface area contributed by atoms with Gasteiger partial charge in [-0.15, -0.1) is 20.4 Å². The van der Waals surface area contributed by atoms with Crippen LogP contribution in [0.1, 0.15) is 15.9 Å². The van der Waals surface area contributed by atoms with Gasteiger partial charge in [0.05, 0.1) is 12.3 Å². The number of methoxy groups -OCH3 is 1. The van der Waals surface area contributed by atoms with Gasteiger partial charge in [-0.2, -0.15) is 0 Å². The van der Waals surface area contributed by atoms with Crippen LogP contribution in [0.5, 0.6) is 11.5 Å². The van der Waals surface area contributed by atoms with Crippen LogP contribution in [0.3, 0.4) is 0 Å². The lowest BCUT2D eigenvalue weighted by molar-refractivity contribution is 0.0690. The summed E-state index contributed by atoms with van der Waals surface area (Å²) in [6.45, 7) is 0. The summed E-state index contributed by atoms with van der Waals surface area (Å²) >= 11 is 5.24. The number of fused-ring (bicyclic) bond motifs is 1. The Morgan fingerprint density at radius 2 is 2.00 bits per heavy atom. The van der Waals surface area contributed by atoms with Gasteiger partial charge in [0, 0.05) is 0 Å². The smallest absolute Gasteiger partial charge is 0.534 e. The van der Waals surface area contributed by atoms with Crippen LogP contribution in [0.15, 0.2) is 25.2 Å². The second kappa shape index (κ2) is 8.35. The summed E-state index contributed by atoms with van der Waals surface area (Å²) in [5, 5.41) is 35.8. The number of nitrogens with zero attached hydrogens (tertiary/aromatic N) is 4. The van der Waals surface area contributed by atoms with E-state index in [-0.39, 0.29) is 22.2 Å². The van der Waals surface area contributed by atoms with Crippen molar-refractivity contribution >= 4 is 64.4 Å². The summed E-state index contributed by atoms with van der Waals surface area (Å²) in [5.74, 6) is -0.874. The average molecular weight is 469 g/mol. The molecule has 4 N–H and O–H groups in total. The molecule has 0 saturated carbocycles. The molecule has 0 bridgehead atoms. The maximum atomic E-state index is 11.6. The molecule has 0 fully saturated rings. The van der Waals surface area contributed by atoms with Gasteiger partial charge < -0.3 is 25.3 Å². The number of hydrogen-bond donors (Lipinski definition) is 3. The fraction of sp³-hybridized carbons (Fsp3) is 0.214. The Hall–Kier alpha value is -2.07. The second-order valence-corrected chi connectivity index (χ2v) is 10.6. The summed E-state index contributed by atoms with van der Waals surface area (Å²) < 4.78 is 12.6. The molecule has 15 heteroatoms. The summed E-state index contributed by atoms with van der Waals surface area (Å²) in [7, 11) is 0.174. The third kappa shape index (κ3) is 4.28. The minimum Gasteiger partial charge on any atom is -0.534 e. The Kier molecular flexibility index (Phi) is 5.82. The predicted octanol–water partition coefficient (Wildman–Crippen LogP) is 1.95. The Morgan fingerprint density at radius 3 is 2.69 bits per heavy atom. The Balaban J connectivity index is 1.50. The lowest BCUT2D eigenvalue weighted by atomic mass is 9.77. The molecule has 3 aromatic rings. The van der Waals surface area contributed by atoms with Gasteiger partial charge >= 0.3 is 13.1 Å². The van der Waals surface area contributed by atoms with Gasteiger partial charge in [0.1, 0.15) is 17.1 Å². The van der Waals surface area contributed by atoms with Crippen molar-refractivity contribution in [1.82, 2.24) is 20.4 Å². The van der Waals surface area contributed by atoms with Crippen LogP contribution in [0.25, 0.3) is 0 Å². The maximum Gasteiger partial charge on any atom is 0.537 e. The van der Waals surface area contributed by atoms with E-state index in [0.717, 1.165) is 0 Å². The van der Waals surface area contributed by atoms with Crippen molar-refractivity contribution in [2.45, 2.75) is 24.6 Å². The van der Waals surface area contributed by atoms with Crippen molar-refractivity contribution in [3.63, 3.8) is 0 Å². The summed E-state index contributed by atoms with van der Waals surface area (Å²) in [4.78, 5) is 11.6. The second-order valence-electron chi connectivity index (χ2n) is 5.65. The number of ether oxygens (including phenoxy) is 1. The first-order valence-corrected chi connectivity index (χ1v) is 11.3. The number of carbonyl (C=O) groups is 1. The molecule has 0 aliphatic carbocycles. The third-order valence-corrected chi connectivity index (χ3v) is 7.95. The van der Waals surface area contributed by atoms with E-state index in [0.29, 0.717) is 30.1 Å². The molecule has 0 saturated heterocycles. The van der Waals surface area contributed by atoms with Crippen LogP contribution in [0.2, 0.25) is 0 Å². The molecule has 29 heavy (non-hydrogen) atoms. The highest BCUT2D eigenvalue weighted by molar-refractivity contribution is 8.05. The standard InChI is InChI=1S/C14H12BN5O5S4/c1-24-6-3-2-5-4-7(15(23)25-9(5)8(6)10(21)22)26-12-19-20-14(28-12)29-13-18-17-11(16)27-13/h2-3,7,23H,4H2,1H3,(H2,16,17)(H,21,22)/t7-/m0/s1. The summed E-state index contributed by atoms with van der Waals surface area (Å²) in [5.41, 5.74) is 6.15. The van der Waals surface area contributed by atoms with E-state index in [4.69, 9.17) is 15.1 Å². The molecule has 1 aromatic carbocycles. The first-order valence-electron chi connectivity index (χ1n) is 7.99. The fourth-order valence-electron chi connectivity index (χ4n) is 2.64. The molecule has 0 unspecified atom stereocenters. The zero-order chi connectivity index (χ0) is 20.5. The summed E-state index contributed by atoms with van der Waals surface area (Å²) in [6.07, 6.45) is 0.403. The topological polar surface area (TPSA) is 154 Å². The van der Waals surface area contributed by atoms with Gasteiger partial charge in [0.25, 0.3) is 0 Å². The first-order chi connectivity index (χ1) is 13.9. The number of benzene rings is 1. The summed E-state index contributed by atoms with van der Waals surface area (Å²) in [6, 6.07) is 3.32. The Bertz CT molecular complexity index is 1060. The number of rotatable bonds is 6. The molecule has 0 radical (unpaired) electrons. The molecule has 1 atom stereocenters. The number of aromatic carboxylic acids is 1. The lowest BCUT2D eigenvalue weighted by Crippen LogP contribution is -2.40.